The summed E-state index contributed by atoms with van der Waals surface area (Å²) in [6.45, 7) is 5.34. The minimum absolute atomic E-state index is 0.0524. The first kappa shape index (κ1) is 16.4. The van der Waals surface area contributed by atoms with Gasteiger partial charge in [-0.1, -0.05) is 0 Å². The number of hydrogen-bond donors (Lipinski definition) is 2. The summed E-state index contributed by atoms with van der Waals surface area (Å²) in [5.74, 6) is 0.893. The highest BCUT2D eigenvalue weighted by molar-refractivity contribution is 5.94. The summed E-state index contributed by atoms with van der Waals surface area (Å²) < 4.78 is 0. The molecule has 2 N–H and O–H groups in total. The Hall–Kier alpha value is -2.11. The van der Waals surface area contributed by atoms with Crippen LogP contribution in [-0.4, -0.2) is 40.8 Å². The van der Waals surface area contributed by atoms with Gasteiger partial charge in [-0.15, -0.1) is 0 Å². The molecule has 1 aliphatic carbocycles. The lowest BCUT2D eigenvalue weighted by Gasteiger charge is -2.50. The molecule has 6 heteroatoms. The number of carbonyl (C=O) groups excluding carboxylic acids is 2. The number of β-lactam (4-membered cyclic amide) rings is 1. The van der Waals surface area contributed by atoms with E-state index in [-0.39, 0.29) is 28.8 Å². The topological polar surface area (TPSA) is 82.3 Å². The van der Waals surface area contributed by atoms with E-state index in [1.165, 1.54) is 6.07 Å². The largest absolute Gasteiger partial charge is 0.351 e. The number of hydrogen-bond acceptors (Lipinski definition) is 3. The van der Waals surface area contributed by atoms with Gasteiger partial charge in [-0.05, 0) is 57.4 Å². The van der Waals surface area contributed by atoms with Gasteiger partial charge in [0.25, 0.3) is 5.91 Å². The predicted molar refractivity (Wildman–Crippen MR) is 93.4 cm³/mol. The van der Waals surface area contributed by atoms with E-state index in [4.69, 9.17) is 0 Å². The molecule has 1 saturated carbocycles. The van der Waals surface area contributed by atoms with Crippen molar-refractivity contribution in [1.29, 1.82) is 0 Å². The molecule has 0 radical (unpaired) electrons. The van der Waals surface area contributed by atoms with Gasteiger partial charge in [0.1, 0.15) is 0 Å². The number of H-pyrrole nitrogens is 1. The molecule has 2 saturated heterocycles. The summed E-state index contributed by atoms with van der Waals surface area (Å²) in [5, 5.41) is 3.02. The van der Waals surface area contributed by atoms with Crippen molar-refractivity contribution in [1.82, 2.24) is 15.2 Å². The zero-order chi connectivity index (χ0) is 17.8. The van der Waals surface area contributed by atoms with E-state index in [0.29, 0.717) is 30.5 Å². The van der Waals surface area contributed by atoms with Crippen LogP contribution in [0.5, 0.6) is 0 Å². The van der Waals surface area contributed by atoms with E-state index < -0.39 is 0 Å². The van der Waals surface area contributed by atoms with Crippen LogP contribution in [0.3, 0.4) is 0 Å². The summed E-state index contributed by atoms with van der Waals surface area (Å²) in [6.07, 6.45) is 3.95. The maximum Gasteiger partial charge on any atom is 0.254 e. The van der Waals surface area contributed by atoms with Gasteiger partial charge < -0.3 is 15.2 Å². The van der Waals surface area contributed by atoms with E-state index in [9.17, 15) is 14.4 Å². The number of piperidine rings is 1. The molecule has 25 heavy (non-hydrogen) atoms. The Bertz CT molecular complexity index is 770. The summed E-state index contributed by atoms with van der Waals surface area (Å²) >= 11 is 0. The number of nitrogens with one attached hydrogen (secondary N) is 2. The summed E-state index contributed by atoms with van der Waals surface area (Å²) in [4.78, 5) is 41.0. The number of aromatic nitrogens is 1. The van der Waals surface area contributed by atoms with Gasteiger partial charge in [0.15, 0.2) is 0 Å². The Morgan fingerprint density at radius 1 is 1.12 bits per heavy atom. The molecular formula is C19H25N3O3. The minimum Gasteiger partial charge on any atom is -0.351 e. The second kappa shape index (κ2) is 5.71. The minimum atomic E-state index is -0.303. The lowest BCUT2D eigenvalue weighted by molar-refractivity contribution is -0.146. The van der Waals surface area contributed by atoms with Crippen molar-refractivity contribution in [2.75, 3.05) is 13.1 Å². The van der Waals surface area contributed by atoms with Crippen molar-refractivity contribution in [3.63, 3.8) is 0 Å². The molecule has 1 aromatic heterocycles. The summed E-state index contributed by atoms with van der Waals surface area (Å²) in [6, 6.07) is 3.47. The van der Waals surface area contributed by atoms with Crippen molar-refractivity contribution < 1.29 is 9.59 Å². The lowest BCUT2D eigenvalue weighted by Crippen LogP contribution is -2.68. The van der Waals surface area contributed by atoms with Gasteiger partial charge in [0.2, 0.25) is 11.5 Å². The Labute approximate surface area is 147 Å². The van der Waals surface area contributed by atoms with E-state index >= 15 is 0 Å². The Morgan fingerprint density at radius 3 is 2.36 bits per heavy atom. The molecule has 6 nitrogen and oxygen atoms in total. The van der Waals surface area contributed by atoms with Crippen molar-refractivity contribution in [3.8, 4) is 0 Å². The molecule has 3 aliphatic rings. The smallest absolute Gasteiger partial charge is 0.254 e. The van der Waals surface area contributed by atoms with Crippen LogP contribution in [0, 0.1) is 11.3 Å². The molecule has 134 valence electrons. The highest BCUT2D eigenvalue weighted by Crippen LogP contribution is 2.40. The fourth-order valence-electron chi connectivity index (χ4n) is 4.20. The molecule has 4 rings (SSSR count). The highest BCUT2D eigenvalue weighted by atomic mass is 16.2. The molecule has 1 atom stereocenters. The first-order valence-corrected chi connectivity index (χ1v) is 9.21. The van der Waals surface area contributed by atoms with Crippen LogP contribution >= 0.6 is 0 Å². The quantitative estimate of drug-likeness (QED) is 0.819. The zero-order valence-corrected chi connectivity index (χ0v) is 14.8. The standard InChI is InChI=1S/C19H25N3O3/c1-19(2)16(21-18(19)25)12-5-7-22(8-6-12)17(24)13-9-14(11-3-4-11)20-15(23)10-13/h9-12,16H,3-8H2,1-2H3,(H,20,23)(H,21,25)/t16-/m1/s1. The third kappa shape index (κ3) is 2.87. The summed E-state index contributed by atoms with van der Waals surface area (Å²) in [7, 11) is 0. The van der Waals surface area contributed by atoms with Crippen molar-refractivity contribution in [2.45, 2.75) is 51.5 Å². The number of nitrogens with zero attached hydrogens (tertiary/aromatic N) is 1. The molecule has 1 aromatic rings. The van der Waals surface area contributed by atoms with E-state index in [1.807, 2.05) is 24.8 Å². The Balaban J connectivity index is 1.42. The second-order valence-corrected chi connectivity index (χ2v) is 8.27. The molecule has 0 bridgehead atoms. The summed E-state index contributed by atoms with van der Waals surface area (Å²) in [5.41, 5.74) is 0.899. The SMILES string of the molecule is CC1(C)C(=O)N[C@@H]1C1CCN(C(=O)c2cc(C3CC3)[nH]c(=O)c2)CC1. The normalized spacial score (nSPS) is 26.1. The van der Waals surface area contributed by atoms with Gasteiger partial charge in [-0.2, -0.15) is 0 Å². The number of pyridine rings is 1. The maximum absolute atomic E-state index is 12.8. The van der Waals surface area contributed by atoms with Crippen molar-refractivity contribution in [3.05, 3.63) is 33.7 Å². The number of carbonyl (C=O) groups is 2. The van der Waals surface area contributed by atoms with Crippen LogP contribution in [0.1, 0.15) is 61.5 Å². The highest BCUT2D eigenvalue weighted by Gasteiger charge is 2.51. The maximum atomic E-state index is 12.8. The third-order valence-corrected chi connectivity index (χ3v) is 6.08. The lowest BCUT2D eigenvalue weighted by atomic mass is 9.68. The van der Waals surface area contributed by atoms with Crippen LogP contribution in [-0.2, 0) is 4.79 Å². The van der Waals surface area contributed by atoms with Gasteiger partial charge in [-0.25, -0.2) is 0 Å². The predicted octanol–water partition coefficient (Wildman–Crippen LogP) is 1.63. The average Bonchev–Trinajstić information content (AvgIpc) is 3.44. The third-order valence-electron chi connectivity index (χ3n) is 6.08. The fraction of sp³-hybridized carbons (Fsp3) is 0.632. The molecule has 0 spiro atoms. The molecule has 0 aromatic carbocycles. The Morgan fingerprint density at radius 2 is 1.80 bits per heavy atom. The second-order valence-electron chi connectivity index (χ2n) is 8.27. The van der Waals surface area contributed by atoms with Crippen molar-refractivity contribution in [2.24, 2.45) is 11.3 Å². The van der Waals surface area contributed by atoms with Crippen LogP contribution in [0.15, 0.2) is 16.9 Å². The van der Waals surface area contributed by atoms with Crippen LogP contribution in [0.25, 0.3) is 0 Å². The first-order valence-electron chi connectivity index (χ1n) is 9.21. The number of likely N-dealkylation sites (tertiary alicyclic amines) is 1. The molecule has 2 amide bonds. The van der Waals surface area contributed by atoms with E-state index in [1.54, 1.807) is 0 Å². The first-order chi connectivity index (χ1) is 11.9. The van der Waals surface area contributed by atoms with E-state index in [0.717, 1.165) is 31.4 Å². The number of amides is 2. The fourth-order valence-corrected chi connectivity index (χ4v) is 4.20. The molecule has 2 aliphatic heterocycles. The van der Waals surface area contributed by atoms with E-state index in [2.05, 4.69) is 10.3 Å². The van der Waals surface area contributed by atoms with Crippen LogP contribution < -0.4 is 10.9 Å². The Kier molecular flexibility index (Phi) is 3.74. The molecule has 3 fully saturated rings. The van der Waals surface area contributed by atoms with Gasteiger partial charge in [-0.3, -0.25) is 14.4 Å². The van der Waals surface area contributed by atoms with Crippen LogP contribution in [0.2, 0.25) is 0 Å². The van der Waals surface area contributed by atoms with Gasteiger partial charge in [0.05, 0.1) is 5.41 Å². The van der Waals surface area contributed by atoms with Crippen molar-refractivity contribution >= 4 is 11.8 Å². The average molecular weight is 343 g/mol. The van der Waals surface area contributed by atoms with Gasteiger partial charge in [0, 0.05) is 36.5 Å². The zero-order valence-electron chi connectivity index (χ0n) is 14.8. The molecular weight excluding hydrogens is 318 g/mol. The number of rotatable bonds is 3. The number of aromatic amines is 1. The van der Waals surface area contributed by atoms with Crippen LogP contribution in [0.4, 0.5) is 0 Å². The van der Waals surface area contributed by atoms with Gasteiger partial charge >= 0.3 is 0 Å². The molecule has 0 unspecified atom stereocenters. The molecule has 3 heterocycles. The monoisotopic (exact) mass is 343 g/mol.